The Labute approximate surface area is 111 Å². The van der Waals surface area contributed by atoms with Gasteiger partial charge in [-0.3, -0.25) is 4.79 Å². The Morgan fingerprint density at radius 3 is 2.53 bits per heavy atom. The van der Waals surface area contributed by atoms with Crippen LogP contribution in [0.4, 0.5) is 0 Å². The summed E-state index contributed by atoms with van der Waals surface area (Å²) in [5.74, 6) is -1.56. The number of aromatic hydroxyl groups is 1. The number of carbonyl (C=O) groups excluding carboxylic acids is 1. The molecule has 1 fully saturated rings. The van der Waals surface area contributed by atoms with E-state index in [1.807, 2.05) is 6.92 Å². The summed E-state index contributed by atoms with van der Waals surface area (Å²) in [6.45, 7) is 3.31. The number of phenolic OH excluding ortho intramolecular Hbond substituents is 1. The quantitative estimate of drug-likeness (QED) is 0.868. The van der Waals surface area contributed by atoms with Gasteiger partial charge in [0.15, 0.2) is 0 Å². The van der Waals surface area contributed by atoms with Crippen LogP contribution < -0.4 is 0 Å². The molecule has 1 aliphatic rings. The molecule has 1 aromatic carbocycles. The van der Waals surface area contributed by atoms with E-state index in [1.165, 1.54) is 17.9 Å². The molecule has 1 unspecified atom stereocenters. The van der Waals surface area contributed by atoms with Crippen molar-refractivity contribution in [3.8, 4) is 5.75 Å². The van der Waals surface area contributed by atoms with E-state index >= 15 is 0 Å². The summed E-state index contributed by atoms with van der Waals surface area (Å²) in [5, 5.41) is 18.9. The average Bonchev–Trinajstić information content (AvgIpc) is 3.16. The second-order valence-electron chi connectivity index (χ2n) is 4.98. The molecule has 1 atom stereocenters. The summed E-state index contributed by atoms with van der Waals surface area (Å²) >= 11 is 0. The maximum absolute atomic E-state index is 12.4. The second-order valence-corrected chi connectivity index (χ2v) is 4.98. The fraction of sp³-hybridized carbons (Fsp3) is 0.429. The van der Waals surface area contributed by atoms with Gasteiger partial charge < -0.3 is 15.1 Å². The summed E-state index contributed by atoms with van der Waals surface area (Å²) in [5.41, 5.74) is 1.01. The number of hydrogen-bond acceptors (Lipinski definition) is 3. The summed E-state index contributed by atoms with van der Waals surface area (Å²) in [6, 6.07) is 3.83. The molecule has 19 heavy (non-hydrogen) atoms. The van der Waals surface area contributed by atoms with Crippen molar-refractivity contribution in [1.29, 1.82) is 0 Å². The molecule has 1 aromatic rings. The number of phenols is 1. The Kier molecular flexibility index (Phi) is 3.46. The summed E-state index contributed by atoms with van der Waals surface area (Å²) in [6.07, 6.45) is 1.63. The minimum atomic E-state index is -1.03. The van der Waals surface area contributed by atoms with Crippen molar-refractivity contribution in [3.63, 3.8) is 0 Å². The lowest BCUT2D eigenvalue weighted by Crippen LogP contribution is -2.44. The molecule has 102 valence electrons. The van der Waals surface area contributed by atoms with Gasteiger partial charge in [0, 0.05) is 6.04 Å². The standard InChI is InChI=1S/C14H17NO4/c1-8-3-6-12(16)11(7-8)13(17)15(10-4-5-10)9(2)14(18)19/h3,6-7,9-10,16H,4-5H2,1-2H3,(H,18,19). The topological polar surface area (TPSA) is 77.8 Å². The van der Waals surface area contributed by atoms with Crippen molar-refractivity contribution >= 4 is 11.9 Å². The van der Waals surface area contributed by atoms with Crippen LogP contribution in [0.15, 0.2) is 18.2 Å². The van der Waals surface area contributed by atoms with Crippen molar-refractivity contribution in [2.24, 2.45) is 0 Å². The van der Waals surface area contributed by atoms with Crippen LogP contribution in [0.1, 0.15) is 35.7 Å². The van der Waals surface area contributed by atoms with E-state index in [1.54, 1.807) is 12.1 Å². The average molecular weight is 263 g/mol. The van der Waals surface area contributed by atoms with Crippen LogP contribution in [0.2, 0.25) is 0 Å². The Morgan fingerprint density at radius 1 is 1.37 bits per heavy atom. The number of carboxylic acid groups (broad SMARTS) is 1. The summed E-state index contributed by atoms with van der Waals surface area (Å²) in [4.78, 5) is 24.9. The molecule has 5 nitrogen and oxygen atoms in total. The molecule has 2 N–H and O–H groups in total. The SMILES string of the molecule is Cc1ccc(O)c(C(=O)N(C2CC2)C(C)C(=O)O)c1. The van der Waals surface area contributed by atoms with E-state index in [0.717, 1.165) is 18.4 Å². The Bertz CT molecular complexity index is 522. The van der Waals surface area contributed by atoms with Crippen LogP contribution in [0, 0.1) is 6.92 Å². The summed E-state index contributed by atoms with van der Waals surface area (Å²) < 4.78 is 0. The third kappa shape index (κ3) is 2.70. The number of amides is 1. The predicted molar refractivity (Wildman–Crippen MR) is 69.1 cm³/mol. The minimum Gasteiger partial charge on any atom is -0.507 e. The highest BCUT2D eigenvalue weighted by molar-refractivity contribution is 5.99. The molecule has 0 aromatic heterocycles. The first-order chi connectivity index (χ1) is 8.91. The van der Waals surface area contributed by atoms with Crippen molar-refractivity contribution in [2.45, 2.75) is 38.8 Å². The molecule has 0 saturated heterocycles. The Morgan fingerprint density at radius 2 is 2.00 bits per heavy atom. The zero-order valence-electron chi connectivity index (χ0n) is 11.0. The molecule has 2 rings (SSSR count). The number of aliphatic carboxylic acids is 1. The third-order valence-electron chi connectivity index (χ3n) is 3.33. The van der Waals surface area contributed by atoms with Gasteiger partial charge in [0.25, 0.3) is 5.91 Å². The van der Waals surface area contributed by atoms with E-state index in [2.05, 4.69) is 0 Å². The molecule has 1 amide bonds. The van der Waals surface area contributed by atoms with Crippen LogP contribution in [-0.4, -0.2) is 39.1 Å². The van der Waals surface area contributed by atoms with Gasteiger partial charge >= 0.3 is 5.97 Å². The zero-order chi connectivity index (χ0) is 14.2. The van der Waals surface area contributed by atoms with Gasteiger partial charge in [0.2, 0.25) is 0 Å². The lowest BCUT2D eigenvalue weighted by Gasteiger charge is -2.26. The number of carbonyl (C=O) groups is 2. The van der Waals surface area contributed by atoms with Gasteiger partial charge in [-0.05, 0) is 38.8 Å². The van der Waals surface area contributed by atoms with E-state index in [4.69, 9.17) is 5.11 Å². The van der Waals surface area contributed by atoms with Crippen molar-refractivity contribution in [1.82, 2.24) is 4.90 Å². The lowest BCUT2D eigenvalue weighted by molar-refractivity contribution is -0.141. The van der Waals surface area contributed by atoms with Gasteiger partial charge in [0.05, 0.1) is 5.56 Å². The fourth-order valence-corrected chi connectivity index (χ4v) is 2.09. The summed E-state index contributed by atoms with van der Waals surface area (Å²) in [7, 11) is 0. The van der Waals surface area contributed by atoms with E-state index in [0.29, 0.717) is 0 Å². The number of aryl methyl sites for hydroxylation is 1. The maximum atomic E-state index is 12.4. The molecule has 0 radical (unpaired) electrons. The molecule has 0 heterocycles. The molecule has 0 bridgehead atoms. The molecule has 1 aliphatic carbocycles. The number of rotatable bonds is 4. The lowest BCUT2D eigenvalue weighted by atomic mass is 10.1. The highest BCUT2D eigenvalue weighted by Crippen LogP contribution is 2.32. The van der Waals surface area contributed by atoms with Crippen LogP contribution in [0.25, 0.3) is 0 Å². The first kappa shape index (κ1) is 13.4. The third-order valence-corrected chi connectivity index (χ3v) is 3.33. The Balaban J connectivity index is 2.34. The monoisotopic (exact) mass is 263 g/mol. The molecule has 1 saturated carbocycles. The van der Waals surface area contributed by atoms with Crippen molar-refractivity contribution < 1.29 is 19.8 Å². The van der Waals surface area contributed by atoms with Gasteiger partial charge in [-0.15, -0.1) is 0 Å². The number of carboxylic acids is 1. The van der Waals surface area contributed by atoms with E-state index in [9.17, 15) is 14.7 Å². The van der Waals surface area contributed by atoms with Gasteiger partial charge in [-0.25, -0.2) is 4.79 Å². The fourth-order valence-electron chi connectivity index (χ4n) is 2.09. The highest BCUT2D eigenvalue weighted by atomic mass is 16.4. The normalized spacial score (nSPS) is 15.9. The van der Waals surface area contributed by atoms with Crippen LogP contribution >= 0.6 is 0 Å². The molecular weight excluding hydrogens is 246 g/mol. The Hall–Kier alpha value is -2.04. The van der Waals surface area contributed by atoms with Crippen LogP contribution in [-0.2, 0) is 4.79 Å². The molecule has 0 aliphatic heterocycles. The first-order valence-corrected chi connectivity index (χ1v) is 6.27. The van der Waals surface area contributed by atoms with Crippen LogP contribution in [0.3, 0.4) is 0 Å². The second kappa shape index (κ2) is 4.91. The maximum Gasteiger partial charge on any atom is 0.326 e. The van der Waals surface area contributed by atoms with Gasteiger partial charge in [-0.1, -0.05) is 11.6 Å². The van der Waals surface area contributed by atoms with E-state index in [-0.39, 0.29) is 17.4 Å². The first-order valence-electron chi connectivity index (χ1n) is 6.27. The molecular formula is C14H17NO4. The molecule has 0 spiro atoms. The van der Waals surface area contributed by atoms with Gasteiger partial charge in [-0.2, -0.15) is 0 Å². The largest absolute Gasteiger partial charge is 0.507 e. The van der Waals surface area contributed by atoms with Crippen LogP contribution in [0.5, 0.6) is 5.75 Å². The number of hydrogen-bond donors (Lipinski definition) is 2. The smallest absolute Gasteiger partial charge is 0.326 e. The van der Waals surface area contributed by atoms with Crippen molar-refractivity contribution in [2.75, 3.05) is 0 Å². The molecule has 5 heteroatoms. The highest BCUT2D eigenvalue weighted by Gasteiger charge is 2.39. The predicted octanol–water partition coefficient (Wildman–Crippen LogP) is 1.78. The zero-order valence-corrected chi connectivity index (χ0v) is 11.0. The van der Waals surface area contributed by atoms with Crippen molar-refractivity contribution in [3.05, 3.63) is 29.3 Å². The van der Waals surface area contributed by atoms with E-state index < -0.39 is 17.9 Å². The van der Waals surface area contributed by atoms with Gasteiger partial charge in [0.1, 0.15) is 11.8 Å². The number of benzene rings is 1. The number of nitrogens with zero attached hydrogens (tertiary/aromatic N) is 1. The minimum absolute atomic E-state index is 0.0292.